The van der Waals surface area contributed by atoms with Crippen molar-refractivity contribution in [1.29, 1.82) is 0 Å². The maximum Gasteiger partial charge on any atom is 0.410 e. The van der Waals surface area contributed by atoms with Crippen molar-refractivity contribution in [2.75, 3.05) is 18.4 Å². The van der Waals surface area contributed by atoms with Crippen LogP contribution in [-0.4, -0.2) is 51.0 Å². The van der Waals surface area contributed by atoms with E-state index in [2.05, 4.69) is 15.5 Å². The number of hydrogen-bond donors (Lipinski definition) is 2. The lowest BCUT2D eigenvalue weighted by Crippen LogP contribution is -2.47. The van der Waals surface area contributed by atoms with E-state index in [1.807, 2.05) is 39.8 Å². The van der Waals surface area contributed by atoms with Crippen LogP contribution in [0.1, 0.15) is 63.1 Å². The maximum atomic E-state index is 12.5. The topological polar surface area (TPSA) is 87.6 Å². The number of phenols is 1. The summed E-state index contributed by atoms with van der Waals surface area (Å²) in [5, 5.41) is 23.2. The summed E-state index contributed by atoms with van der Waals surface area (Å²) >= 11 is 0. The predicted octanol–water partition coefficient (Wildman–Crippen LogP) is 4.85. The summed E-state index contributed by atoms with van der Waals surface area (Å²) < 4.78 is 5.56. The molecule has 4 rings (SSSR count). The summed E-state index contributed by atoms with van der Waals surface area (Å²) in [6, 6.07) is 5.79. The molecule has 7 nitrogen and oxygen atoms in total. The van der Waals surface area contributed by atoms with Crippen molar-refractivity contribution in [3.8, 4) is 17.0 Å². The fourth-order valence-corrected chi connectivity index (χ4v) is 4.60. The van der Waals surface area contributed by atoms with Crippen molar-refractivity contribution in [2.45, 2.75) is 77.9 Å². The zero-order valence-electron chi connectivity index (χ0n) is 19.6. The number of carbonyl (C=O) groups is 1. The molecule has 1 fully saturated rings. The van der Waals surface area contributed by atoms with Crippen molar-refractivity contribution >= 4 is 11.9 Å². The van der Waals surface area contributed by atoms with Gasteiger partial charge in [0.15, 0.2) is 5.82 Å². The van der Waals surface area contributed by atoms with Crippen LogP contribution in [0.5, 0.6) is 5.75 Å². The third-order valence-electron chi connectivity index (χ3n) is 6.11. The zero-order chi connectivity index (χ0) is 22.9. The number of likely N-dealkylation sites (tertiary alicyclic amines) is 1. The second-order valence-electron chi connectivity index (χ2n) is 9.99. The highest BCUT2D eigenvalue weighted by Crippen LogP contribution is 2.37. The number of aryl methyl sites for hydroxylation is 1. The molecule has 7 heteroatoms. The second kappa shape index (κ2) is 8.96. The molecular weight excluding hydrogens is 404 g/mol. The fourth-order valence-electron chi connectivity index (χ4n) is 4.60. The Morgan fingerprint density at radius 1 is 1.16 bits per heavy atom. The van der Waals surface area contributed by atoms with Crippen molar-refractivity contribution in [1.82, 2.24) is 15.1 Å². The number of hydrogen-bond acceptors (Lipinski definition) is 6. The smallest absolute Gasteiger partial charge is 0.410 e. The molecule has 1 aromatic heterocycles. The molecule has 0 unspecified atom stereocenters. The highest BCUT2D eigenvalue weighted by molar-refractivity contribution is 5.73. The van der Waals surface area contributed by atoms with Gasteiger partial charge in [0.1, 0.15) is 17.0 Å². The normalized spacial score (nSPS) is 18.8. The minimum atomic E-state index is -0.501. The van der Waals surface area contributed by atoms with Crippen LogP contribution < -0.4 is 5.32 Å². The third kappa shape index (κ3) is 4.97. The van der Waals surface area contributed by atoms with E-state index in [-0.39, 0.29) is 17.9 Å². The second-order valence-corrected chi connectivity index (χ2v) is 9.99. The lowest BCUT2D eigenvalue weighted by molar-refractivity contribution is 0.0206. The molecule has 0 saturated carbocycles. The number of anilines is 1. The van der Waals surface area contributed by atoms with Gasteiger partial charge in [-0.2, -0.15) is 0 Å². The van der Waals surface area contributed by atoms with E-state index in [0.717, 1.165) is 61.2 Å². The average molecular weight is 439 g/mol. The van der Waals surface area contributed by atoms with E-state index in [1.165, 1.54) is 11.1 Å². The number of aromatic nitrogens is 2. The van der Waals surface area contributed by atoms with Crippen LogP contribution in [0, 0.1) is 6.92 Å². The van der Waals surface area contributed by atoms with E-state index < -0.39 is 5.60 Å². The van der Waals surface area contributed by atoms with E-state index in [4.69, 9.17) is 4.74 Å². The Hall–Kier alpha value is -2.83. The quantitative estimate of drug-likeness (QED) is 0.712. The molecule has 2 aliphatic rings. The summed E-state index contributed by atoms with van der Waals surface area (Å²) in [4.78, 5) is 14.3. The van der Waals surface area contributed by atoms with Crippen LogP contribution in [-0.2, 0) is 17.6 Å². The van der Waals surface area contributed by atoms with Crippen LogP contribution in [0.2, 0.25) is 0 Å². The van der Waals surface area contributed by atoms with Crippen LogP contribution in [0.3, 0.4) is 0 Å². The number of phenolic OH excluding ortho intramolecular Hbond substituents is 1. The fraction of sp³-hybridized carbons (Fsp3) is 0.560. The average Bonchev–Trinajstić information content (AvgIpc) is 2.74. The summed E-state index contributed by atoms with van der Waals surface area (Å²) in [6.07, 6.45) is 5.71. The summed E-state index contributed by atoms with van der Waals surface area (Å²) in [5.74, 6) is 1.05. The van der Waals surface area contributed by atoms with Crippen molar-refractivity contribution in [3.63, 3.8) is 0 Å². The molecule has 2 aromatic rings. The van der Waals surface area contributed by atoms with Crippen LogP contribution in [0.15, 0.2) is 18.2 Å². The largest absolute Gasteiger partial charge is 0.507 e. The Kier molecular flexibility index (Phi) is 6.26. The van der Waals surface area contributed by atoms with Crippen molar-refractivity contribution in [2.24, 2.45) is 0 Å². The number of amides is 1. The zero-order valence-corrected chi connectivity index (χ0v) is 19.6. The molecule has 1 aromatic carbocycles. The minimum absolute atomic E-state index is 0.107. The van der Waals surface area contributed by atoms with Gasteiger partial charge in [-0.25, -0.2) is 4.79 Å². The number of ether oxygens (including phenoxy) is 1. The number of benzene rings is 1. The standard InChI is InChI=1S/C25H34N4O3/c1-16-11-12-20(21(30)14-16)22-18-9-5-6-10-19(18)23(28-27-22)26-17-8-7-13-29(15-17)24(31)32-25(2,3)4/h11-12,14,17,30H,5-10,13,15H2,1-4H3,(H,26,28)/t17-/m1/s1. The van der Waals surface area contributed by atoms with E-state index in [1.54, 1.807) is 11.0 Å². The van der Waals surface area contributed by atoms with Gasteiger partial charge in [-0.1, -0.05) is 6.07 Å². The summed E-state index contributed by atoms with van der Waals surface area (Å²) in [6.45, 7) is 8.93. The number of nitrogens with one attached hydrogen (secondary N) is 1. The predicted molar refractivity (Wildman–Crippen MR) is 125 cm³/mol. The molecule has 2 heterocycles. The Morgan fingerprint density at radius 3 is 2.62 bits per heavy atom. The van der Waals surface area contributed by atoms with Gasteiger partial charge in [-0.05, 0) is 89.5 Å². The molecule has 1 amide bonds. The molecule has 1 aliphatic carbocycles. The molecular formula is C25H34N4O3. The SMILES string of the molecule is Cc1ccc(-c2nnc(N[C@@H]3CCCN(C(=O)OC(C)(C)C)C3)c3c2CCCC3)c(O)c1. The van der Waals surface area contributed by atoms with Gasteiger partial charge in [0.05, 0.1) is 0 Å². The van der Waals surface area contributed by atoms with Gasteiger partial charge in [0.25, 0.3) is 0 Å². The van der Waals surface area contributed by atoms with Gasteiger partial charge >= 0.3 is 6.09 Å². The molecule has 1 aliphatic heterocycles. The number of nitrogens with zero attached hydrogens (tertiary/aromatic N) is 3. The lowest BCUT2D eigenvalue weighted by atomic mass is 9.88. The summed E-state index contributed by atoms with van der Waals surface area (Å²) in [5.41, 5.74) is 4.39. The maximum absolute atomic E-state index is 12.5. The van der Waals surface area contributed by atoms with Crippen molar-refractivity contribution in [3.05, 3.63) is 34.9 Å². The van der Waals surface area contributed by atoms with Gasteiger partial charge in [0, 0.05) is 30.3 Å². The molecule has 1 atom stereocenters. The minimum Gasteiger partial charge on any atom is -0.507 e. The number of fused-ring (bicyclic) bond motifs is 1. The summed E-state index contributed by atoms with van der Waals surface area (Å²) in [7, 11) is 0. The Morgan fingerprint density at radius 2 is 1.91 bits per heavy atom. The first-order chi connectivity index (χ1) is 15.2. The molecule has 1 saturated heterocycles. The Labute approximate surface area is 190 Å². The molecule has 172 valence electrons. The van der Waals surface area contributed by atoms with E-state index >= 15 is 0 Å². The first kappa shape index (κ1) is 22.4. The number of rotatable bonds is 3. The van der Waals surface area contributed by atoms with Crippen LogP contribution in [0.4, 0.5) is 10.6 Å². The molecule has 32 heavy (non-hydrogen) atoms. The van der Waals surface area contributed by atoms with Crippen LogP contribution in [0.25, 0.3) is 11.3 Å². The van der Waals surface area contributed by atoms with E-state index in [0.29, 0.717) is 13.1 Å². The van der Waals surface area contributed by atoms with Crippen LogP contribution >= 0.6 is 0 Å². The lowest BCUT2D eigenvalue weighted by Gasteiger charge is -2.35. The Balaban J connectivity index is 1.56. The number of aromatic hydroxyl groups is 1. The highest BCUT2D eigenvalue weighted by atomic mass is 16.6. The Bertz CT molecular complexity index is 999. The molecule has 0 radical (unpaired) electrons. The third-order valence-corrected chi connectivity index (χ3v) is 6.11. The molecule has 0 bridgehead atoms. The van der Waals surface area contributed by atoms with Gasteiger partial charge in [-0.3, -0.25) is 0 Å². The first-order valence-electron chi connectivity index (χ1n) is 11.6. The van der Waals surface area contributed by atoms with E-state index in [9.17, 15) is 9.90 Å². The van der Waals surface area contributed by atoms with Gasteiger partial charge in [-0.15, -0.1) is 10.2 Å². The molecule has 2 N–H and O–H groups in total. The number of piperidine rings is 1. The van der Waals surface area contributed by atoms with Gasteiger partial charge in [0.2, 0.25) is 0 Å². The van der Waals surface area contributed by atoms with Gasteiger partial charge < -0.3 is 20.1 Å². The van der Waals surface area contributed by atoms with Crippen molar-refractivity contribution < 1.29 is 14.6 Å². The molecule has 0 spiro atoms. The highest BCUT2D eigenvalue weighted by Gasteiger charge is 2.29. The first-order valence-corrected chi connectivity index (χ1v) is 11.6. The monoisotopic (exact) mass is 438 g/mol. The number of carbonyl (C=O) groups excluding carboxylic acids is 1.